The number of hydrogen-bond donors (Lipinski definition) is 5. The van der Waals surface area contributed by atoms with Gasteiger partial charge in [0, 0.05) is 19.0 Å². The second-order valence-corrected chi connectivity index (χ2v) is 5.69. The van der Waals surface area contributed by atoms with Crippen LogP contribution >= 0.6 is 11.8 Å². The Balaban J connectivity index is 2.12. The molecule has 0 aliphatic heterocycles. The van der Waals surface area contributed by atoms with Crippen molar-refractivity contribution in [2.75, 3.05) is 6.26 Å². The maximum absolute atomic E-state index is 11.5. The number of thioether (sulfide) groups is 1. The third-order valence-electron chi connectivity index (χ3n) is 3.20. The Morgan fingerprint density at radius 3 is 2.85 bits per heavy atom. The second kappa shape index (κ2) is 6.40. The molecule has 110 valence electrons. The van der Waals surface area contributed by atoms with Gasteiger partial charge in [-0.05, 0) is 11.8 Å². The first-order chi connectivity index (χ1) is 9.52. The second-order valence-electron chi connectivity index (χ2n) is 4.62. The molecule has 0 spiro atoms. The first-order valence-corrected chi connectivity index (χ1v) is 7.50. The lowest BCUT2D eigenvalue weighted by Crippen LogP contribution is -2.33. The molecule has 2 heterocycles. The summed E-state index contributed by atoms with van der Waals surface area (Å²) in [6, 6.07) is 0. The van der Waals surface area contributed by atoms with E-state index in [1.54, 1.807) is 6.20 Å². The van der Waals surface area contributed by atoms with Crippen molar-refractivity contribution in [1.82, 2.24) is 15.0 Å². The van der Waals surface area contributed by atoms with Gasteiger partial charge >= 0.3 is 0 Å². The van der Waals surface area contributed by atoms with Crippen LogP contribution in [0.2, 0.25) is 0 Å². The standard InChI is InChI=1S/C12H18N4O3S/c1-20-9(13)3-8(18)7(17)2-6-4-14-11-10(6)15-5-16-12(11)19/h4-5,7-9,14,17-18H,2-3,13H2,1H3,(H,15,16,19). The van der Waals surface area contributed by atoms with Crippen molar-refractivity contribution in [1.29, 1.82) is 0 Å². The monoisotopic (exact) mass is 298 g/mol. The lowest BCUT2D eigenvalue weighted by atomic mass is 10.0. The van der Waals surface area contributed by atoms with Crippen molar-refractivity contribution in [3.05, 3.63) is 28.4 Å². The summed E-state index contributed by atoms with van der Waals surface area (Å²) in [6.45, 7) is 0. The molecule has 2 aromatic heterocycles. The predicted octanol–water partition coefficient (Wildman–Crippen LogP) is -0.447. The fourth-order valence-corrected chi connectivity index (χ4v) is 2.40. The van der Waals surface area contributed by atoms with Crippen LogP contribution < -0.4 is 11.3 Å². The smallest absolute Gasteiger partial charge is 0.275 e. The largest absolute Gasteiger partial charge is 0.390 e. The van der Waals surface area contributed by atoms with E-state index in [0.29, 0.717) is 23.0 Å². The Bertz CT molecular complexity index is 626. The van der Waals surface area contributed by atoms with Gasteiger partial charge in [-0.25, -0.2) is 4.98 Å². The maximum Gasteiger partial charge on any atom is 0.275 e. The molecular formula is C12H18N4O3S. The van der Waals surface area contributed by atoms with Crippen molar-refractivity contribution in [2.24, 2.45) is 5.73 Å². The van der Waals surface area contributed by atoms with E-state index in [-0.39, 0.29) is 17.4 Å². The van der Waals surface area contributed by atoms with Crippen LogP contribution in [0, 0.1) is 0 Å². The van der Waals surface area contributed by atoms with E-state index < -0.39 is 12.2 Å². The summed E-state index contributed by atoms with van der Waals surface area (Å²) in [6.07, 6.45) is 3.43. The summed E-state index contributed by atoms with van der Waals surface area (Å²) in [5.41, 5.74) is 7.02. The number of aliphatic hydroxyl groups is 2. The molecule has 0 fully saturated rings. The molecule has 0 bridgehead atoms. The van der Waals surface area contributed by atoms with E-state index in [1.165, 1.54) is 18.1 Å². The summed E-state index contributed by atoms with van der Waals surface area (Å²) >= 11 is 1.43. The van der Waals surface area contributed by atoms with Crippen LogP contribution in [0.25, 0.3) is 11.0 Å². The normalized spacial score (nSPS) is 16.2. The molecule has 3 unspecified atom stereocenters. The van der Waals surface area contributed by atoms with E-state index in [2.05, 4.69) is 15.0 Å². The van der Waals surface area contributed by atoms with Crippen LogP contribution in [0.3, 0.4) is 0 Å². The molecule has 0 aliphatic rings. The van der Waals surface area contributed by atoms with Gasteiger partial charge < -0.3 is 25.9 Å². The predicted molar refractivity (Wildman–Crippen MR) is 78.5 cm³/mol. The van der Waals surface area contributed by atoms with Gasteiger partial charge in [-0.1, -0.05) is 0 Å². The Morgan fingerprint density at radius 1 is 1.40 bits per heavy atom. The highest BCUT2D eigenvalue weighted by atomic mass is 32.2. The maximum atomic E-state index is 11.5. The third-order valence-corrected chi connectivity index (χ3v) is 4.00. The zero-order valence-electron chi connectivity index (χ0n) is 11.0. The minimum atomic E-state index is -0.951. The number of H-pyrrole nitrogens is 2. The van der Waals surface area contributed by atoms with Gasteiger partial charge in [-0.2, -0.15) is 0 Å². The summed E-state index contributed by atoms with van der Waals surface area (Å²) in [7, 11) is 0. The van der Waals surface area contributed by atoms with Gasteiger partial charge in [0.2, 0.25) is 0 Å². The third kappa shape index (κ3) is 3.21. The molecule has 3 atom stereocenters. The molecular weight excluding hydrogens is 280 g/mol. The van der Waals surface area contributed by atoms with E-state index in [4.69, 9.17) is 5.73 Å². The van der Waals surface area contributed by atoms with Crippen LogP contribution in [0.5, 0.6) is 0 Å². The molecule has 0 saturated carbocycles. The van der Waals surface area contributed by atoms with Crippen molar-refractivity contribution >= 4 is 22.8 Å². The number of aliphatic hydroxyl groups excluding tert-OH is 2. The fraction of sp³-hybridized carbons (Fsp3) is 0.500. The van der Waals surface area contributed by atoms with Crippen molar-refractivity contribution in [2.45, 2.75) is 30.4 Å². The number of nitrogens with two attached hydrogens (primary N) is 1. The average Bonchev–Trinajstić information content (AvgIpc) is 2.83. The molecule has 0 amide bonds. The Kier molecular flexibility index (Phi) is 4.81. The number of fused-ring (bicyclic) bond motifs is 1. The first kappa shape index (κ1) is 15.0. The number of aromatic nitrogens is 3. The summed E-state index contributed by atoms with van der Waals surface area (Å²) in [5, 5.41) is 19.7. The number of rotatable bonds is 6. The topological polar surface area (TPSA) is 128 Å². The van der Waals surface area contributed by atoms with E-state index in [9.17, 15) is 15.0 Å². The van der Waals surface area contributed by atoms with E-state index in [0.717, 1.165) is 0 Å². The number of hydrogen-bond acceptors (Lipinski definition) is 6. The quantitative estimate of drug-likeness (QED) is 0.460. The highest BCUT2D eigenvalue weighted by Crippen LogP contribution is 2.17. The Labute approximate surface area is 119 Å². The Morgan fingerprint density at radius 2 is 2.15 bits per heavy atom. The van der Waals surface area contributed by atoms with Crippen LogP contribution in [0.1, 0.15) is 12.0 Å². The molecule has 6 N–H and O–H groups in total. The zero-order valence-corrected chi connectivity index (χ0v) is 11.9. The van der Waals surface area contributed by atoms with Gasteiger partial charge in [-0.15, -0.1) is 11.8 Å². The summed E-state index contributed by atoms with van der Waals surface area (Å²) < 4.78 is 0. The molecule has 0 aromatic carbocycles. The van der Waals surface area contributed by atoms with Crippen LogP contribution in [0.4, 0.5) is 0 Å². The molecule has 20 heavy (non-hydrogen) atoms. The van der Waals surface area contributed by atoms with Crippen molar-refractivity contribution in [3.63, 3.8) is 0 Å². The molecule has 2 aromatic rings. The summed E-state index contributed by atoms with van der Waals surface area (Å²) in [5.74, 6) is 0. The van der Waals surface area contributed by atoms with Gasteiger partial charge in [0.25, 0.3) is 5.56 Å². The first-order valence-electron chi connectivity index (χ1n) is 6.21. The average molecular weight is 298 g/mol. The number of aromatic amines is 2. The van der Waals surface area contributed by atoms with Crippen LogP contribution in [-0.4, -0.2) is 49.0 Å². The lowest BCUT2D eigenvalue weighted by Gasteiger charge is -2.19. The highest BCUT2D eigenvalue weighted by Gasteiger charge is 2.21. The molecule has 2 rings (SSSR count). The van der Waals surface area contributed by atoms with Crippen LogP contribution in [0.15, 0.2) is 17.3 Å². The van der Waals surface area contributed by atoms with Crippen LogP contribution in [-0.2, 0) is 6.42 Å². The van der Waals surface area contributed by atoms with Gasteiger partial charge in [0.1, 0.15) is 5.52 Å². The molecule has 7 nitrogen and oxygen atoms in total. The molecule has 8 heteroatoms. The van der Waals surface area contributed by atoms with E-state index >= 15 is 0 Å². The minimum absolute atomic E-state index is 0.207. The number of nitrogens with one attached hydrogen (secondary N) is 2. The minimum Gasteiger partial charge on any atom is -0.390 e. The van der Waals surface area contributed by atoms with Crippen molar-refractivity contribution < 1.29 is 10.2 Å². The van der Waals surface area contributed by atoms with Gasteiger partial charge in [0.05, 0.1) is 29.4 Å². The highest BCUT2D eigenvalue weighted by molar-refractivity contribution is 7.99. The lowest BCUT2D eigenvalue weighted by molar-refractivity contribution is 0.0154. The van der Waals surface area contributed by atoms with E-state index in [1.807, 2.05) is 6.26 Å². The number of nitrogens with zero attached hydrogens (tertiary/aromatic N) is 1. The molecule has 0 aliphatic carbocycles. The van der Waals surface area contributed by atoms with Gasteiger partial charge in [0.15, 0.2) is 0 Å². The van der Waals surface area contributed by atoms with Crippen molar-refractivity contribution in [3.8, 4) is 0 Å². The Hall–Kier alpha value is -1.35. The zero-order chi connectivity index (χ0) is 14.7. The molecule has 0 saturated heterocycles. The van der Waals surface area contributed by atoms with Gasteiger partial charge in [-0.3, -0.25) is 4.79 Å². The SMILES string of the molecule is CSC(N)CC(O)C(O)Cc1c[nH]c2c(=O)[nH]cnc12. The summed E-state index contributed by atoms with van der Waals surface area (Å²) in [4.78, 5) is 20.9. The fourth-order valence-electron chi connectivity index (χ4n) is 2.01. The molecule has 0 radical (unpaired) electrons.